The van der Waals surface area contributed by atoms with E-state index in [1.165, 1.54) is 5.57 Å². The van der Waals surface area contributed by atoms with Gasteiger partial charge in [-0.15, -0.1) is 0 Å². The molecule has 0 aromatic carbocycles. The van der Waals surface area contributed by atoms with Crippen molar-refractivity contribution < 1.29 is 19.0 Å². The van der Waals surface area contributed by atoms with Gasteiger partial charge < -0.3 is 19.1 Å². The third-order valence-corrected chi connectivity index (χ3v) is 4.21. The summed E-state index contributed by atoms with van der Waals surface area (Å²) in [6, 6.07) is 0.0953. The molecule has 0 aromatic heterocycles. The minimum Gasteiger partial charge on any atom is -0.504 e. The first-order chi connectivity index (χ1) is 10.4. The average Bonchev–Trinajstić information content (AvgIpc) is 2.93. The van der Waals surface area contributed by atoms with Crippen LogP contribution in [0.15, 0.2) is 11.8 Å². The second-order valence-corrected chi connectivity index (χ2v) is 7.07. The Morgan fingerprint density at radius 1 is 1.23 bits per heavy atom. The van der Waals surface area contributed by atoms with E-state index in [9.17, 15) is 4.79 Å². The monoisotopic (exact) mass is 311 g/mol. The van der Waals surface area contributed by atoms with Gasteiger partial charge in [0.1, 0.15) is 5.60 Å². The van der Waals surface area contributed by atoms with E-state index in [2.05, 4.69) is 0 Å². The van der Waals surface area contributed by atoms with Crippen LogP contribution >= 0.6 is 0 Å². The Bertz CT molecular complexity index is 407. The molecule has 22 heavy (non-hydrogen) atoms. The van der Waals surface area contributed by atoms with E-state index in [4.69, 9.17) is 14.2 Å². The number of methoxy groups -OCH3 is 1. The zero-order valence-corrected chi connectivity index (χ0v) is 14.3. The largest absolute Gasteiger partial charge is 0.504 e. The number of carbonyl (C=O) groups excluding carboxylic acids is 1. The van der Waals surface area contributed by atoms with Crippen LogP contribution in [-0.4, -0.2) is 49.5 Å². The summed E-state index contributed by atoms with van der Waals surface area (Å²) >= 11 is 0. The fourth-order valence-electron chi connectivity index (χ4n) is 3.27. The number of carbonyl (C=O) groups is 1. The molecule has 126 valence electrons. The summed E-state index contributed by atoms with van der Waals surface area (Å²) in [5.41, 5.74) is 0.753. The van der Waals surface area contributed by atoms with Gasteiger partial charge in [0.25, 0.3) is 0 Å². The highest BCUT2D eigenvalue weighted by molar-refractivity contribution is 5.69. The van der Waals surface area contributed by atoms with E-state index >= 15 is 0 Å². The van der Waals surface area contributed by atoms with Gasteiger partial charge in [0.05, 0.1) is 19.4 Å². The molecule has 2 heterocycles. The Morgan fingerprint density at radius 2 is 1.91 bits per heavy atom. The first-order valence-corrected chi connectivity index (χ1v) is 8.22. The number of rotatable bonds is 3. The Hall–Kier alpha value is -1.23. The van der Waals surface area contributed by atoms with Gasteiger partial charge in [-0.05, 0) is 57.9 Å². The second-order valence-electron chi connectivity index (χ2n) is 7.07. The number of likely N-dealkylation sites (tertiary alicyclic amines) is 1. The molecular weight excluding hydrogens is 282 g/mol. The topological polar surface area (TPSA) is 48.0 Å². The molecule has 0 aromatic rings. The first kappa shape index (κ1) is 17.1. The van der Waals surface area contributed by atoms with Gasteiger partial charge in [-0.2, -0.15) is 0 Å². The first-order valence-electron chi connectivity index (χ1n) is 8.22. The highest BCUT2D eigenvalue weighted by atomic mass is 16.6. The molecule has 2 aliphatic rings. The number of hydrogen-bond acceptors (Lipinski definition) is 4. The highest BCUT2D eigenvalue weighted by Crippen LogP contribution is 2.34. The fraction of sp³-hybridized carbons (Fsp3) is 0.824. The standard InChI is InChI=1S/C17H29NO4/c1-17(2,3)22-16(19)18-9-5-6-15(18)14(12-20-4)13-7-10-21-11-8-13/h12-13,15H,5-11H2,1-4H3/b14-12-/t15-/m1/s1. The van der Waals surface area contributed by atoms with Crippen LogP contribution in [0.1, 0.15) is 46.5 Å². The van der Waals surface area contributed by atoms with E-state index in [0.29, 0.717) is 5.92 Å². The summed E-state index contributed by atoms with van der Waals surface area (Å²) in [6.07, 6.45) is 5.59. The zero-order valence-electron chi connectivity index (χ0n) is 14.3. The van der Waals surface area contributed by atoms with Gasteiger partial charge in [0, 0.05) is 19.8 Å². The molecule has 2 aliphatic heterocycles. The minimum absolute atomic E-state index is 0.0953. The van der Waals surface area contributed by atoms with Crippen molar-refractivity contribution in [1.29, 1.82) is 0 Å². The maximum absolute atomic E-state index is 12.5. The Morgan fingerprint density at radius 3 is 2.50 bits per heavy atom. The maximum atomic E-state index is 12.5. The van der Waals surface area contributed by atoms with E-state index in [1.54, 1.807) is 7.11 Å². The SMILES string of the molecule is CO/C=C(/C1CCOCC1)[C@H]1CCCN1C(=O)OC(C)(C)C. The van der Waals surface area contributed by atoms with Crippen LogP contribution in [0.4, 0.5) is 4.79 Å². The molecule has 0 saturated carbocycles. The minimum atomic E-state index is -0.464. The second kappa shape index (κ2) is 7.36. The lowest BCUT2D eigenvalue weighted by Crippen LogP contribution is -2.42. The van der Waals surface area contributed by atoms with Gasteiger partial charge in [-0.3, -0.25) is 0 Å². The molecule has 2 saturated heterocycles. The molecule has 0 aliphatic carbocycles. The smallest absolute Gasteiger partial charge is 0.410 e. The Labute approximate surface area is 133 Å². The molecule has 0 N–H and O–H groups in total. The molecule has 2 fully saturated rings. The van der Waals surface area contributed by atoms with E-state index in [-0.39, 0.29) is 12.1 Å². The molecule has 1 atom stereocenters. The highest BCUT2D eigenvalue weighted by Gasteiger charge is 2.37. The van der Waals surface area contributed by atoms with Crippen molar-refractivity contribution in [2.45, 2.75) is 58.1 Å². The van der Waals surface area contributed by atoms with Crippen molar-refractivity contribution in [3.63, 3.8) is 0 Å². The van der Waals surface area contributed by atoms with Gasteiger partial charge in [-0.25, -0.2) is 4.79 Å². The predicted molar refractivity (Wildman–Crippen MR) is 84.6 cm³/mol. The van der Waals surface area contributed by atoms with Crippen molar-refractivity contribution >= 4 is 6.09 Å². The molecule has 5 heteroatoms. The van der Waals surface area contributed by atoms with Gasteiger partial charge in [0.15, 0.2) is 0 Å². The predicted octanol–water partition coefficient (Wildman–Crippen LogP) is 3.34. The third-order valence-electron chi connectivity index (χ3n) is 4.21. The van der Waals surface area contributed by atoms with Gasteiger partial charge in [-0.1, -0.05) is 0 Å². The Balaban J connectivity index is 2.12. The van der Waals surface area contributed by atoms with Crippen LogP contribution in [-0.2, 0) is 14.2 Å². The fourth-order valence-corrected chi connectivity index (χ4v) is 3.27. The normalized spacial score (nSPS) is 24.5. The summed E-state index contributed by atoms with van der Waals surface area (Å²) in [5.74, 6) is 0.432. The van der Waals surface area contributed by atoms with Crippen LogP contribution in [0.3, 0.4) is 0 Å². The summed E-state index contributed by atoms with van der Waals surface area (Å²) in [6.45, 7) is 8.03. The lowest BCUT2D eigenvalue weighted by Gasteiger charge is -2.33. The van der Waals surface area contributed by atoms with Crippen molar-refractivity contribution in [2.75, 3.05) is 26.9 Å². The molecule has 1 amide bonds. The summed E-state index contributed by atoms with van der Waals surface area (Å²) in [5, 5.41) is 0. The van der Waals surface area contributed by atoms with Crippen LogP contribution in [0, 0.1) is 5.92 Å². The van der Waals surface area contributed by atoms with E-state index in [0.717, 1.165) is 45.4 Å². The van der Waals surface area contributed by atoms with Crippen molar-refractivity contribution in [1.82, 2.24) is 4.90 Å². The lowest BCUT2D eigenvalue weighted by atomic mass is 9.86. The molecule has 0 unspecified atom stereocenters. The lowest BCUT2D eigenvalue weighted by molar-refractivity contribution is 0.0226. The summed E-state index contributed by atoms with van der Waals surface area (Å²) < 4.78 is 16.3. The van der Waals surface area contributed by atoms with Crippen LogP contribution < -0.4 is 0 Å². The molecule has 0 bridgehead atoms. The molecule has 5 nitrogen and oxygen atoms in total. The molecule has 0 radical (unpaired) electrons. The summed E-state index contributed by atoms with van der Waals surface area (Å²) in [4.78, 5) is 14.3. The van der Waals surface area contributed by atoms with Crippen LogP contribution in [0.5, 0.6) is 0 Å². The number of hydrogen-bond donors (Lipinski definition) is 0. The maximum Gasteiger partial charge on any atom is 0.410 e. The number of ether oxygens (including phenoxy) is 3. The van der Waals surface area contributed by atoms with Crippen molar-refractivity contribution in [3.05, 3.63) is 11.8 Å². The molecule has 0 spiro atoms. The van der Waals surface area contributed by atoms with E-state index < -0.39 is 5.60 Å². The van der Waals surface area contributed by atoms with Crippen molar-refractivity contribution in [3.8, 4) is 0 Å². The zero-order chi connectivity index (χ0) is 16.2. The van der Waals surface area contributed by atoms with E-state index in [1.807, 2.05) is 31.9 Å². The van der Waals surface area contributed by atoms with Gasteiger partial charge >= 0.3 is 6.09 Å². The Kier molecular flexibility index (Phi) is 5.73. The number of amides is 1. The molecule has 2 rings (SSSR count). The van der Waals surface area contributed by atoms with Gasteiger partial charge in [0.2, 0.25) is 0 Å². The average molecular weight is 311 g/mol. The quantitative estimate of drug-likeness (QED) is 0.750. The van der Waals surface area contributed by atoms with Crippen molar-refractivity contribution in [2.24, 2.45) is 5.92 Å². The third kappa shape index (κ3) is 4.38. The summed E-state index contributed by atoms with van der Waals surface area (Å²) in [7, 11) is 1.67. The van der Waals surface area contributed by atoms with Crippen LogP contribution in [0.2, 0.25) is 0 Å². The van der Waals surface area contributed by atoms with Crippen LogP contribution in [0.25, 0.3) is 0 Å². The molecular formula is C17H29NO4. The number of nitrogens with zero attached hydrogens (tertiary/aromatic N) is 1.